The molecule has 1 fully saturated rings. The molecule has 1 aliphatic heterocycles. The first-order valence-electron chi connectivity index (χ1n) is 8.60. The average Bonchev–Trinajstić information content (AvgIpc) is 3.29. The topological polar surface area (TPSA) is 89.3 Å². The molecule has 0 aliphatic carbocycles. The molecule has 1 aliphatic rings. The van der Waals surface area contributed by atoms with Gasteiger partial charge in [-0.3, -0.25) is 4.79 Å². The second-order valence-electron chi connectivity index (χ2n) is 6.31. The molecule has 2 heterocycles. The zero-order chi connectivity index (χ0) is 17.6. The van der Waals surface area contributed by atoms with Crippen LogP contribution in [0.4, 0.5) is 0 Å². The maximum atomic E-state index is 12.5. The van der Waals surface area contributed by atoms with Crippen molar-refractivity contribution < 1.29 is 14.1 Å². The molecule has 3 rings (SSSR count). The maximum absolute atomic E-state index is 12.5. The molecule has 0 bridgehead atoms. The van der Waals surface area contributed by atoms with Crippen molar-refractivity contribution in [2.45, 2.75) is 32.2 Å². The molecule has 2 N–H and O–H groups in total. The molecular weight excluding hydrogens is 320 g/mol. The van der Waals surface area contributed by atoms with Gasteiger partial charge in [-0.05, 0) is 37.9 Å². The van der Waals surface area contributed by atoms with Gasteiger partial charge in [-0.1, -0.05) is 23.4 Å². The summed E-state index contributed by atoms with van der Waals surface area (Å²) in [5.41, 5.74) is 0.807. The Labute approximate surface area is 147 Å². The summed E-state index contributed by atoms with van der Waals surface area (Å²) in [5, 5.41) is 10.4. The third-order valence-electron chi connectivity index (χ3n) is 4.50. The van der Waals surface area contributed by atoms with Gasteiger partial charge < -0.3 is 19.9 Å². The van der Waals surface area contributed by atoms with Crippen molar-refractivity contribution in [1.29, 1.82) is 0 Å². The van der Waals surface area contributed by atoms with Gasteiger partial charge in [-0.25, -0.2) is 0 Å². The standard InChI is InChI=1S/C18H24N4O3/c1-12-20-18(22-25-12)17(14-5-3-4-6-15(14)24-2)21-16(23)8-7-13-9-10-19-11-13/h3-6,13,17,19H,7-11H2,1-2H3,(H,21,23). The molecule has 7 heteroatoms. The predicted molar refractivity (Wildman–Crippen MR) is 92.2 cm³/mol. The van der Waals surface area contributed by atoms with Gasteiger partial charge >= 0.3 is 0 Å². The van der Waals surface area contributed by atoms with E-state index in [9.17, 15) is 4.79 Å². The first kappa shape index (κ1) is 17.4. The van der Waals surface area contributed by atoms with Gasteiger partial charge in [0.05, 0.1) is 7.11 Å². The monoisotopic (exact) mass is 344 g/mol. The molecule has 1 aromatic heterocycles. The van der Waals surface area contributed by atoms with Crippen LogP contribution in [0.25, 0.3) is 0 Å². The van der Waals surface area contributed by atoms with Gasteiger partial charge in [0, 0.05) is 18.9 Å². The smallest absolute Gasteiger partial charge is 0.223 e. The number of aryl methyl sites for hydroxylation is 1. The van der Waals surface area contributed by atoms with E-state index < -0.39 is 6.04 Å². The molecular formula is C18H24N4O3. The van der Waals surface area contributed by atoms with Crippen molar-refractivity contribution in [1.82, 2.24) is 20.8 Å². The number of rotatable bonds is 7. The number of carbonyl (C=O) groups excluding carboxylic acids is 1. The first-order valence-corrected chi connectivity index (χ1v) is 8.60. The summed E-state index contributed by atoms with van der Waals surface area (Å²) in [6.45, 7) is 3.76. The highest BCUT2D eigenvalue weighted by Crippen LogP contribution is 2.28. The molecule has 1 amide bonds. The largest absolute Gasteiger partial charge is 0.496 e. The van der Waals surface area contributed by atoms with Gasteiger partial charge in [0.15, 0.2) is 5.82 Å². The van der Waals surface area contributed by atoms with Crippen LogP contribution in [0.2, 0.25) is 0 Å². The molecule has 1 saturated heterocycles. The highest BCUT2D eigenvalue weighted by molar-refractivity contribution is 5.77. The fourth-order valence-corrected chi connectivity index (χ4v) is 3.15. The minimum atomic E-state index is -0.497. The van der Waals surface area contributed by atoms with Crippen molar-refractivity contribution in [3.05, 3.63) is 41.5 Å². The lowest BCUT2D eigenvalue weighted by atomic mass is 10.0. The van der Waals surface area contributed by atoms with Crippen LogP contribution >= 0.6 is 0 Å². The van der Waals surface area contributed by atoms with Crippen LogP contribution in [-0.4, -0.2) is 36.2 Å². The molecule has 25 heavy (non-hydrogen) atoms. The van der Waals surface area contributed by atoms with E-state index in [4.69, 9.17) is 9.26 Å². The molecule has 0 radical (unpaired) electrons. The summed E-state index contributed by atoms with van der Waals surface area (Å²) in [7, 11) is 1.60. The molecule has 0 spiro atoms. The number of nitrogens with one attached hydrogen (secondary N) is 2. The van der Waals surface area contributed by atoms with Crippen molar-refractivity contribution in [2.24, 2.45) is 5.92 Å². The number of aromatic nitrogens is 2. The number of hydrogen-bond acceptors (Lipinski definition) is 6. The van der Waals surface area contributed by atoms with E-state index in [0.717, 1.165) is 31.5 Å². The third-order valence-corrected chi connectivity index (χ3v) is 4.50. The fraction of sp³-hybridized carbons (Fsp3) is 0.500. The molecule has 7 nitrogen and oxygen atoms in total. The second-order valence-corrected chi connectivity index (χ2v) is 6.31. The van der Waals surface area contributed by atoms with E-state index in [1.807, 2.05) is 24.3 Å². The summed E-state index contributed by atoms with van der Waals surface area (Å²) in [5.74, 6) is 2.11. The minimum Gasteiger partial charge on any atom is -0.496 e. The summed E-state index contributed by atoms with van der Waals surface area (Å²) in [6.07, 6.45) is 2.49. The summed E-state index contributed by atoms with van der Waals surface area (Å²) >= 11 is 0. The predicted octanol–water partition coefficient (Wildman–Crippen LogP) is 1.98. The number of para-hydroxylation sites is 1. The van der Waals surface area contributed by atoms with Crippen molar-refractivity contribution in [3.63, 3.8) is 0 Å². The Morgan fingerprint density at radius 3 is 3.00 bits per heavy atom. The Balaban J connectivity index is 1.75. The molecule has 0 saturated carbocycles. The molecule has 134 valence electrons. The first-order chi connectivity index (χ1) is 12.2. The van der Waals surface area contributed by atoms with Crippen molar-refractivity contribution in [2.75, 3.05) is 20.2 Å². The van der Waals surface area contributed by atoms with Crippen LogP contribution < -0.4 is 15.4 Å². The van der Waals surface area contributed by atoms with Crippen LogP contribution in [-0.2, 0) is 4.79 Å². The number of benzene rings is 1. The van der Waals surface area contributed by atoms with Crippen molar-refractivity contribution in [3.8, 4) is 5.75 Å². The Kier molecular flexibility index (Phi) is 5.65. The summed E-state index contributed by atoms with van der Waals surface area (Å²) < 4.78 is 10.5. The molecule has 2 aromatic rings. The van der Waals surface area contributed by atoms with Gasteiger partial charge in [0.25, 0.3) is 0 Å². The van der Waals surface area contributed by atoms with E-state index in [1.165, 1.54) is 0 Å². The van der Waals surface area contributed by atoms with Gasteiger partial charge in [0.1, 0.15) is 11.8 Å². The van der Waals surface area contributed by atoms with E-state index in [0.29, 0.717) is 29.8 Å². The van der Waals surface area contributed by atoms with Crippen LogP contribution in [0.5, 0.6) is 5.75 Å². The maximum Gasteiger partial charge on any atom is 0.223 e. The average molecular weight is 344 g/mol. The second kappa shape index (κ2) is 8.11. The Bertz CT molecular complexity index is 710. The van der Waals surface area contributed by atoms with Crippen LogP contribution in [0.3, 0.4) is 0 Å². The zero-order valence-corrected chi connectivity index (χ0v) is 14.6. The lowest BCUT2D eigenvalue weighted by Gasteiger charge is -2.19. The third kappa shape index (κ3) is 4.36. The van der Waals surface area contributed by atoms with Gasteiger partial charge in [-0.15, -0.1) is 0 Å². The van der Waals surface area contributed by atoms with Crippen LogP contribution in [0.15, 0.2) is 28.8 Å². The highest BCUT2D eigenvalue weighted by Gasteiger charge is 2.25. The van der Waals surface area contributed by atoms with E-state index in [-0.39, 0.29) is 5.91 Å². The lowest BCUT2D eigenvalue weighted by Crippen LogP contribution is -2.30. The number of carbonyl (C=O) groups is 1. The molecule has 2 unspecified atom stereocenters. The quantitative estimate of drug-likeness (QED) is 0.798. The minimum absolute atomic E-state index is 0.0229. The zero-order valence-electron chi connectivity index (χ0n) is 14.6. The Morgan fingerprint density at radius 2 is 2.32 bits per heavy atom. The van der Waals surface area contributed by atoms with Crippen LogP contribution in [0.1, 0.15) is 42.6 Å². The van der Waals surface area contributed by atoms with Gasteiger partial charge in [0.2, 0.25) is 11.8 Å². The Morgan fingerprint density at radius 1 is 1.48 bits per heavy atom. The number of amides is 1. The highest BCUT2D eigenvalue weighted by atomic mass is 16.5. The fourth-order valence-electron chi connectivity index (χ4n) is 3.15. The molecule has 2 atom stereocenters. The normalized spacial score (nSPS) is 18.1. The van der Waals surface area contributed by atoms with E-state index >= 15 is 0 Å². The SMILES string of the molecule is COc1ccccc1C(NC(=O)CCC1CCNC1)c1noc(C)n1. The lowest BCUT2D eigenvalue weighted by molar-refractivity contribution is -0.121. The Hall–Kier alpha value is -2.41. The van der Waals surface area contributed by atoms with E-state index in [2.05, 4.69) is 20.8 Å². The number of hydrogen-bond donors (Lipinski definition) is 2. The van der Waals surface area contributed by atoms with Crippen molar-refractivity contribution >= 4 is 5.91 Å². The number of methoxy groups -OCH3 is 1. The summed E-state index contributed by atoms with van der Waals surface area (Å²) in [6, 6.07) is 7.04. The summed E-state index contributed by atoms with van der Waals surface area (Å²) in [4.78, 5) is 16.8. The van der Waals surface area contributed by atoms with E-state index in [1.54, 1.807) is 14.0 Å². The van der Waals surface area contributed by atoms with Crippen LogP contribution in [0, 0.1) is 12.8 Å². The van der Waals surface area contributed by atoms with Gasteiger partial charge in [-0.2, -0.15) is 4.98 Å². The number of ether oxygens (including phenoxy) is 1. The number of nitrogens with zero attached hydrogens (tertiary/aromatic N) is 2. The molecule has 1 aromatic carbocycles.